The van der Waals surface area contributed by atoms with Gasteiger partial charge in [0, 0.05) is 0 Å². The molecule has 96 valence electrons. The van der Waals surface area contributed by atoms with Crippen molar-refractivity contribution in [3.63, 3.8) is 0 Å². The molecule has 0 amide bonds. The lowest BCUT2D eigenvalue weighted by atomic mass is 10.1. The van der Waals surface area contributed by atoms with Crippen molar-refractivity contribution in [2.75, 3.05) is 14.2 Å². The topological polar surface area (TPSA) is 18.5 Å². The highest BCUT2D eigenvalue weighted by atomic mass is 79.9. The quantitative estimate of drug-likeness (QED) is 0.732. The van der Waals surface area contributed by atoms with Gasteiger partial charge < -0.3 is 9.47 Å². The molecular formula is C13H12BrClO2S. The van der Waals surface area contributed by atoms with Gasteiger partial charge in [0.05, 0.1) is 28.9 Å². The first-order chi connectivity index (χ1) is 8.67. The summed E-state index contributed by atoms with van der Waals surface area (Å²) in [5.41, 5.74) is 1.07. The van der Waals surface area contributed by atoms with E-state index >= 15 is 0 Å². The Bertz CT molecular complexity index is 542. The second-order valence-corrected chi connectivity index (χ2v) is 5.88. The van der Waals surface area contributed by atoms with Crippen molar-refractivity contribution in [2.45, 2.75) is 4.83 Å². The summed E-state index contributed by atoms with van der Waals surface area (Å²) in [5.74, 6) is 1.56. The Hall–Kier alpha value is -0.710. The van der Waals surface area contributed by atoms with Crippen molar-refractivity contribution in [3.8, 4) is 11.5 Å². The molecule has 0 aliphatic carbocycles. The Balaban J connectivity index is 2.34. The molecule has 0 N–H and O–H groups in total. The number of hydrogen-bond acceptors (Lipinski definition) is 3. The molecule has 1 aromatic heterocycles. The van der Waals surface area contributed by atoms with Crippen molar-refractivity contribution >= 4 is 38.9 Å². The van der Waals surface area contributed by atoms with E-state index in [0.29, 0.717) is 10.8 Å². The number of alkyl halides is 1. The lowest BCUT2D eigenvalue weighted by Crippen LogP contribution is -1.94. The molecule has 0 bridgehead atoms. The minimum absolute atomic E-state index is 0.0656. The monoisotopic (exact) mass is 346 g/mol. The van der Waals surface area contributed by atoms with Gasteiger partial charge in [-0.25, -0.2) is 0 Å². The summed E-state index contributed by atoms with van der Waals surface area (Å²) >= 11 is 11.5. The minimum atomic E-state index is 0.0656. The van der Waals surface area contributed by atoms with Gasteiger partial charge in [-0.15, -0.1) is 11.3 Å². The van der Waals surface area contributed by atoms with E-state index in [1.807, 2.05) is 29.6 Å². The average Bonchev–Trinajstić information content (AvgIpc) is 2.86. The maximum atomic E-state index is 6.13. The molecule has 1 heterocycles. The summed E-state index contributed by atoms with van der Waals surface area (Å²) in [5, 5.41) is 2.61. The highest BCUT2D eigenvalue weighted by Gasteiger charge is 2.17. The first-order valence-corrected chi connectivity index (χ1v) is 7.43. The van der Waals surface area contributed by atoms with Crippen molar-refractivity contribution in [1.29, 1.82) is 0 Å². The zero-order valence-electron chi connectivity index (χ0n) is 9.94. The van der Waals surface area contributed by atoms with Crippen molar-refractivity contribution in [2.24, 2.45) is 0 Å². The molecule has 0 aliphatic heterocycles. The molecule has 1 aromatic carbocycles. The zero-order chi connectivity index (χ0) is 13.1. The van der Waals surface area contributed by atoms with Crippen LogP contribution in [0.3, 0.4) is 0 Å². The molecule has 1 atom stereocenters. The van der Waals surface area contributed by atoms with Crippen LogP contribution in [0.5, 0.6) is 11.5 Å². The normalized spacial score (nSPS) is 12.2. The summed E-state index contributed by atoms with van der Waals surface area (Å²) in [6.07, 6.45) is 0. The summed E-state index contributed by atoms with van der Waals surface area (Å²) in [6, 6.07) is 7.72. The van der Waals surface area contributed by atoms with Crippen LogP contribution < -0.4 is 9.47 Å². The molecular weight excluding hydrogens is 336 g/mol. The third kappa shape index (κ3) is 2.66. The van der Waals surface area contributed by atoms with Crippen LogP contribution >= 0.6 is 38.9 Å². The third-order valence-corrected chi connectivity index (χ3v) is 5.12. The second kappa shape index (κ2) is 5.95. The SMILES string of the molecule is COc1ccc(C(Br)c2sccc2OC)cc1Cl. The van der Waals surface area contributed by atoms with Crippen molar-refractivity contribution in [1.82, 2.24) is 0 Å². The third-order valence-electron chi connectivity index (χ3n) is 2.58. The molecule has 5 heteroatoms. The summed E-state index contributed by atoms with van der Waals surface area (Å²) in [7, 11) is 3.28. The molecule has 0 fully saturated rings. The maximum absolute atomic E-state index is 6.13. The molecule has 0 aliphatic rings. The van der Waals surface area contributed by atoms with Crippen LogP contribution in [0, 0.1) is 0 Å². The van der Waals surface area contributed by atoms with E-state index in [2.05, 4.69) is 15.9 Å². The van der Waals surface area contributed by atoms with Gasteiger partial charge in [0.2, 0.25) is 0 Å². The first kappa shape index (κ1) is 13.7. The molecule has 0 saturated carbocycles. The van der Waals surface area contributed by atoms with Crippen LogP contribution in [0.25, 0.3) is 0 Å². The number of ether oxygens (including phenoxy) is 2. The molecule has 1 unspecified atom stereocenters. The lowest BCUT2D eigenvalue weighted by molar-refractivity contribution is 0.412. The van der Waals surface area contributed by atoms with Gasteiger partial charge in [0.15, 0.2) is 0 Å². The molecule has 0 radical (unpaired) electrons. The number of methoxy groups -OCH3 is 2. The number of hydrogen-bond donors (Lipinski definition) is 0. The van der Waals surface area contributed by atoms with Gasteiger partial charge in [-0.1, -0.05) is 33.6 Å². The van der Waals surface area contributed by atoms with E-state index in [4.69, 9.17) is 21.1 Å². The van der Waals surface area contributed by atoms with Gasteiger partial charge >= 0.3 is 0 Å². The smallest absolute Gasteiger partial charge is 0.137 e. The summed E-state index contributed by atoms with van der Waals surface area (Å²) in [6.45, 7) is 0. The van der Waals surface area contributed by atoms with Crippen molar-refractivity contribution < 1.29 is 9.47 Å². The van der Waals surface area contributed by atoms with Crippen LogP contribution in [-0.4, -0.2) is 14.2 Å². The highest BCUT2D eigenvalue weighted by molar-refractivity contribution is 9.09. The Kier molecular flexibility index (Phi) is 4.54. The number of halogens is 2. The molecule has 2 nitrogen and oxygen atoms in total. The van der Waals surface area contributed by atoms with E-state index in [1.54, 1.807) is 25.6 Å². The van der Waals surface area contributed by atoms with Crippen molar-refractivity contribution in [3.05, 3.63) is 45.1 Å². The van der Waals surface area contributed by atoms with Crippen LogP contribution in [0.4, 0.5) is 0 Å². The highest BCUT2D eigenvalue weighted by Crippen LogP contribution is 2.41. The van der Waals surface area contributed by atoms with Crippen LogP contribution in [0.1, 0.15) is 15.3 Å². The fraction of sp³-hybridized carbons (Fsp3) is 0.231. The molecule has 2 aromatic rings. The van der Waals surface area contributed by atoms with Crippen LogP contribution in [0.15, 0.2) is 29.6 Å². The Labute approximate surface area is 124 Å². The maximum Gasteiger partial charge on any atom is 0.137 e. The van der Waals surface area contributed by atoms with Gasteiger partial charge in [0.25, 0.3) is 0 Å². The minimum Gasteiger partial charge on any atom is -0.496 e. The lowest BCUT2D eigenvalue weighted by Gasteiger charge is -2.12. The number of rotatable bonds is 4. The Morgan fingerprint density at radius 1 is 1.17 bits per heavy atom. The average molecular weight is 348 g/mol. The Morgan fingerprint density at radius 3 is 2.50 bits per heavy atom. The molecule has 0 saturated heterocycles. The fourth-order valence-corrected chi connectivity index (χ4v) is 3.62. The Morgan fingerprint density at radius 2 is 1.89 bits per heavy atom. The second-order valence-electron chi connectivity index (χ2n) is 3.61. The predicted molar refractivity (Wildman–Crippen MR) is 79.6 cm³/mol. The molecule has 2 rings (SSSR count). The standard InChI is InChI=1S/C13H12BrClO2S/c1-16-10-4-3-8(7-9(10)15)12(14)13-11(17-2)5-6-18-13/h3-7,12H,1-2H3. The molecule has 0 spiro atoms. The van der Waals surface area contributed by atoms with Gasteiger partial charge in [-0.2, -0.15) is 0 Å². The largest absolute Gasteiger partial charge is 0.496 e. The number of benzene rings is 1. The van der Waals surface area contributed by atoms with E-state index < -0.39 is 0 Å². The summed E-state index contributed by atoms with van der Waals surface area (Å²) in [4.78, 5) is 1.19. The van der Waals surface area contributed by atoms with E-state index in [-0.39, 0.29) is 4.83 Å². The molecule has 18 heavy (non-hydrogen) atoms. The zero-order valence-corrected chi connectivity index (χ0v) is 13.1. The first-order valence-electron chi connectivity index (χ1n) is 5.26. The fourth-order valence-electron chi connectivity index (χ4n) is 1.65. The number of thiophene rings is 1. The van der Waals surface area contributed by atoms with Gasteiger partial charge in [-0.3, -0.25) is 0 Å². The van der Waals surface area contributed by atoms with Crippen LogP contribution in [-0.2, 0) is 0 Å². The van der Waals surface area contributed by atoms with Gasteiger partial charge in [-0.05, 0) is 29.1 Å². The van der Waals surface area contributed by atoms with E-state index in [1.165, 1.54) is 0 Å². The van der Waals surface area contributed by atoms with Crippen LogP contribution in [0.2, 0.25) is 5.02 Å². The van der Waals surface area contributed by atoms with E-state index in [9.17, 15) is 0 Å². The van der Waals surface area contributed by atoms with E-state index in [0.717, 1.165) is 16.2 Å². The predicted octanol–water partition coefficient (Wildman–Crippen LogP) is 4.90. The van der Waals surface area contributed by atoms with Gasteiger partial charge in [0.1, 0.15) is 11.5 Å². The summed E-state index contributed by atoms with van der Waals surface area (Å²) < 4.78 is 10.5.